The van der Waals surface area contributed by atoms with Crippen LogP contribution in [0.2, 0.25) is 0 Å². The highest BCUT2D eigenvalue weighted by molar-refractivity contribution is 5.63. The van der Waals surface area contributed by atoms with E-state index in [1.54, 1.807) is 19.2 Å². The van der Waals surface area contributed by atoms with Crippen LogP contribution >= 0.6 is 0 Å². The van der Waals surface area contributed by atoms with Gasteiger partial charge < -0.3 is 20.3 Å². The first kappa shape index (κ1) is 14.0. The number of hydrogen-bond acceptors (Lipinski definition) is 4. The molecule has 0 spiro atoms. The molecular weight excluding hydrogens is 290 g/mol. The minimum absolute atomic E-state index is 0.00198. The van der Waals surface area contributed by atoms with Gasteiger partial charge in [0.05, 0.1) is 13.2 Å². The Kier molecular flexibility index (Phi) is 3.18. The maximum Gasteiger partial charge on any atom is 0.163 e. The molecule has 118 valence electrons. The fraction of sp³-hybridized carbons (Fsp3) is 0.263. The van der Waals surface area contributed by atoms with Gasteiger partial charge in [0.15, 0.2) is 11.5 Å². The molecule has 4 nitrogen and oxygen atoms in total. The summed E-state index contributed by atoms with van der Waals surface area (Å²) in [6.45, 7) is 0. The first-order valence-electron chi connectivity index (χ1n) is 7.81. The van der Waals surface area contributed by atoms with Crippen LogP contribution in [0.4, 0.5) is 5.69 Å². The zero-order valence-electron chi connectivity index (χ0n) is 12.9. The Bertz CT molecular complexity index is 784. The second-order valence-electron chi connectivity index (χ2n) is 6.15. The van der Waals surface area contributed by atoms with E-state index in [9.17, 15) is 10.2 Å². The van der Waals surface area contributed by atoms with Crippen LogP contribution in [0.15, 0.2) is 48.6 Å². The predicted octanol–water partition coefficient (Wildman–Crippen LogP) is 3.93. The highest BCUT2D eigenvalue weighted by Crippen LogP contribution is 2.52. The number of phenols is 2. The second kappa shape index (κ2) is 5.23. The number of ether oxygens (including phenoxy) is 1. The summed E-state index contributed by atoms with van der Waals surface area (Å²) in [5, 5.41) is 23.9. The lowest BCUT2D eigenvalue weighted by Crippen LogP contribution is -2.29. The lowest BCUT2D eigenvalue weighted by molar-refractivity contribution is 0.358. The van der Waals surface area contributed by atoms with Crippen molar-refractivity contribution in [3.8, 4) is 17.2 Å². The third kappa shape index (κ3) is 2.13. The van der Waals surface area contributed by atoms with E-state index in [-0.39, 0.29) is 23.5 Å². The summed E-state index contributed by atoms with van der Waals surface area (Å²) in [6, 6.07) is 11.0. The molecule has 0 fully saturated rings. The van der Waals surface area contributed by atoms with Gasteiger partial charge in [-0.15, -0.1) is 0 Å². The topological polar surface area (TPSA) is 61.7 Å². The first-order valence-corrected chi connectivity index (χ1v) is 7.81. The number of hydrogen-bond donors (Lipinski definition) is 3. The number of fused-ring (bicyclic) bond motifs is 3. The van der Waals surface area contributed by atoms with E-state index in [0.717, 1.165) is 23.2 Å². The van der Waals surface area contributed by atoms with Gasteiger partial charge in [-0.3, -0.25) is 0 Å². The van der Waals surface area contributed by atoms with E-state index in [2.05, 4.69) is 17.5 Å². The molecule has 3 atom stereocenters. The number of methoxy groups -OCH3 is 1. The summed E-state index contributed by atoms with van der Waals surface area (Å²) >= 11 is 0. The summed E-state index contributed by atoms with van der Waals surface area (Å²) in [6.07, 6.45) is 5.32. The van der Waals surface area contributed by atoms with E-state index in [0.29, 0.717) is 11.7 Å². The van der Waals surface area contributed by atoms with Crippen LogP contribution in [0.25, 0.3) is 0 Å². The average Bonchev–Trinajstić information content (AvgIpc) is 3.05. The van der Waals surface area contributed by atoms with Crippen LogP contribution in [-0.2, 0) is 0 Å². The number of phenolic OH excluding ortho intramolecular Hbond substituents is 2. The molecule has 4 rings (SSSR count). The van der Waals surface area contributed by atoms with Crippen molar-refractivity contribution in [2.24, 2.45) is 5.92 Å². The molecule has 0 aromatic heterocycles. The van der Waals surface area contributed by atoms with E-state index < -0.39 is 0 Å². The van der Waals surface area contributed by atoms with Gasteiger partial charge in [0.1, 0.15) is 5.75 Å². The molecule has 0 amide bonds. The van der Waals surface area contributed by atoms with E-state index in [1.807, 2.05) is 24.3 Å². The lowest BCUT2D eigenvalue weighted by Gasteiger charge is -2.37. The molecule has 2 aliphatic rings. The molecule has 1 aliphatic heterocycles. The Hall–Kier alpha value is -2.62. The minimum atomic E-state index is 0.00198. The largest absolute Gasteiger partial charge is 0.508 e. The Morgan fingerprint density at radius 2 is 2.00 bits per heavy atom. The van der Waals surface area contributed by atoms with Crippen molar-refractivity contribution < 1.29 is 14.9 Å². The predicted molar refractivity (Wildman–Crippen MR) is 89.1 cm³/mol. The maximum absolute atomic E-state index is 10.5. The summed E-state index contributed by atoms with van der Waals surface area (Å²) < 4.78 is 5.25. The van der Waals surface area contributed by atoms with E-state index >= 15 is 0 Å². The van der Waals surface area contributed by atoms with Crippen molar-refractivity contribution in [2.45, 2.75) is 18.4 Å². The zero-order chi connectivity index (χ0) is 16.0. The third-order valence-corrected chi connectivity index (χ3v) is 4.93. The van der Waals surface area contributed by atoms with Gasteiger partial charge in [-0.25, -0.2) is 0 Å². The van der Waals surface area contributed by atoms with Crippen LogP contribution in [0, 0.1) is 5.92 Å². The Labute approximate surface area is 135 Å². The van der Waals surface area contributed by atoms with Gasteiger partial charge in [-0.05, 0) is 42.2 Å². The number of aromatic hydroxyl groups is 2. The molecule has 3 unspecified atom stereocenters. The number of benzene rings is 2. The second-order valence-corrected chi connectivity index (χ2v) is 6.15. The van der Waals surface area contributed by atoms with Gasteiger partial charge in [-0.2, -0.15) is 0 Å². The molecule has 3 N–H and O–H groups in total. The molecule has 23 heavy (non-hydrogen) atoms. The average molecular weight is 309 g/mol. The van der Waals surface area contributed by atoms with Crippen molar-refractivity contribution in [2.75, 3.05) is 12.4 Å². The van der Waals surface area contributed by atoms with E-state index in [1.165, 1.54) is 0 Å². The monoisotopic (exact) mass is 309 g/mol. The third-order valence-electron chi connectivity index (χ3n) is 4.93. The summed E-state index contributed by atoms with van der Waals surface area (Å²) in [5.74, 6) is 1.52. The van der Waals surface area contributed by atoms with Crippen molar-refractivity contribution in [1.29, 1.82) is 0 Å². The van der Waals surface area contributed by atoms with Gasteiger partial charge in [0.2, 0.25) is 0 Å². The number of rotatable bonds is 2. The minimum Gasteiger partial charge on any atom is -0.508 e. The number of para-hydroxylation sites is 1. The van der Waals surface area contributed by atoms with Gasteiger partial charge in [0.25, 0.3) is 0 Å². The van der Waals surface area contributed by atoms with Crippen molar-refractivity contribution in [3.63, 3.8) is 0 Å². The quantitative estimate of drug-likeness (QED) is 0.581. The van der Waals surface area contributed by atoms with Gasteiger partial charge in [0, 0.05) is 17.2 Å². The molecule has 4 heteroatoms. The fourth-order valence-corrected chi connectivity index (χ4v) is 3.84. The summed E-state index contributed by atoms with van der Waals surface area (Å²) in [7, 11) is 1.56. The van der Waals surface area contributed by atoms with Crippen LogP contribution in [0.5, 0.6) is 17.2 Å². The van der Waals surface area contributed by atoms with Crippen LogP contribution in [0.1, 0.15) is 29.5 Å². The maximum atomic E-state index is 10.5. The standard InChI is InChI=1S/C19H19NO3/c1-23-17-7-3-6-14(19(17)22)18-13-5-2-4-12(13)15-10-11(21)8-9-16(15)20-18/h2-4,6-10,12-13,18,20-22H,5H2,1H3. The number of nitrogens with one attached hydrogen (secondary N) is 1. The highest BCUT2D eigenvalue weighted by Gasteiger charge is 2.39. The summed E-state index contributed by atoms with van der Waals surface area (Å²) in [5.41, 5.74) is 2.96. The van der Waals surface area contributed by atoms with Crippen LogP contribution in [0.3, 0.4) is 0 Å². The van der Waals surface area contributed by atoms with Crippen LogP contribution < -0.4 is 10.1 Å². The Morgan fingerprint density at radius 1 is 1.13 bits per heavy atom. The Morgan fingerprint density at radius 3 is 2.83 bits per heavy atom. The SMILES string of the molecule is COc1cccc(C2Nc3ccc(O)cc3C3C=CCC32)c1O. The van der Waals surface area contributed by atoms with E-state index in [4.69, 9.17) is 4.74 Å². The van der Waals surface area contributed by atoms with Gasteiger partial charge in [-0.1, -0.05) is 24.3 Å². The molecule has 0 bridgehead atoms. The Balaban J connectivity index is 1.81. The number of anilines is 1. The molecule has 0 saturated heterocycles. The zero-order valence-corrected chi connectivity index (χ0v) is 12.9. The molecule has 1 heterocycles. The molecule has 2 aromatic carbocycles. The van der Waals surface area contributed by atoms with Gasteiger partial charge >= 0.3 is 0 Å². The van der Waals surface area contributed by atoms with Crippen molar-refractivity contribution in [3.05, 3.63) is 59.7 Å². The normalized spacial score (nSPS) is 24.7. The summed E-state index contributed by atoms with van der Waals surface area (Å²) in [4.78, 5) is 0. The molecule has 0 radical (unpaired) electrons. The molecule has 2 aromatic rings. The molecule has 1 aliphatic carbocycles. The first-order chi connectivity index (χ1) is 11.2. The smallest absolute Gasteiger partial charge is 0.163 e. The van der Waals surface area contributed by atoms with Crippen molar-refractivity contribution in [1.82, 2.24) is 0 Å². The molecule has 0 saturated carbocycles. The fourth-order valence-electron chi connectivity index (χ4n) is 3.84. The number of allylic oxidation sites excluding steroid dienone is 2. The van der Waals surface area contributed by atoms with Crippen molar-refractivity contribution >= 4 is 5.69 Å². The molecular formula is C19H19NO3. The highest BCUT2D eigenvalue weighted by atomic mass is 16.5. The van der Waals surface area contributed by atoms with Crippen LogP contribution in [-0.4, -0.2) is 17.3 Å². The lowest BCUT2D eigenvalue weighted by atomic mass is 9.76.